The van der Waals surface area contributed by atoms with E-state index < -0.39 is 5.41 Å². The highest BCUT2D eigenvalue weighted by Gasteiger charge is 2.51. The summed E-state index contributed by atoms with van der Waals surface area (Å²) in [6.45, 7) is 0. The van der Waals surface area contributed by atoms with Crippen molar-refractivity contribution >= 4 is 53.4 Å². The van der Waals surface area contributed by atoms with Crippen LogP contribution in [0.3, 0.4) is 0 Å². The molecule has 0 fully saturated rings. The minimum Gasteiger partial charge on any atom is -0.457 e. The van der Waals surface area contributed by atoms with Gasteiger partial charge in [-0.1, -0.05) is 133 Å². The predicted octanol–water partition coefficient (Wildman–Crippen LogP) is 12.1. The quantitative estimate of drug-likeness (QED) is 0.182. The molecule has 0 radical (unpaired) electrons. The summed E-state index contributed by atoms with van der Waals surface area (Å²) in [6, 6.07) is 58.6. The Balaban J connectivity index is 1.21. The number of fused-ring (bicyclic) bond motifs is 15. The molecule has 1 aliphatic carbocycles. The molecule has 52 heavy (non-hydrogen) atoms. The number of aromatic nitrogens is 3. The van der Waals surface area contributed by atoms with Crippen LogP contribution in [-0.4, -0.2) is 14.5 Å². The van der Waals surface area contributed by atoms with Gasteiger partial charge in [0.1, 0.15) is 11.5 Å². The molecule has 12 rings (SSSR count). The summed E-state index contributed by atoms with van der Waals surface area (Å²) in [5.41, 5.74) is 11.9. The van der Waals surface area contributed by atoms with Crippen LogP contribution < -0.4 is 4.74 Å². The number of hydrogen-bond donors (Lipinski definition) is 0. The second-order valence-corrected chi connectivity index (χ2v) is 14.7. The van der Waals surface area contributed by atoms with Crippen molar-refractivity contribution in [2.24, 2.45) is 0 Å². The van der Waals surface area contributed by atoms with Gasteiger partial charge in [-0.05, 0) is 46.5 Å². The number of nitrogens with zero attached hydrogens (tertiary/aromatic N) is 3. The standard InChI is InChI=1S/C47H27N3OS/c1-2-14-28(15-3-1)43-45-44(32-19-7-13-25-42(32)52-45)49-46(48-43)50-38-23-11-6-18-31(38)33-26-37-41(27-39(33)50)51-40-24-12-10-22-36(40)47(37)34-20-8-4-16-29(34)30-17-5-9-21-35(30)47/h1-27H. The zero-order chi connectivity index (χ0) is 34.0. The summed E-state index contributed by atoms with van der Waals surface area (Å²) in [4.78, 5) is 10.8. The van der Waals surface area contributed by atoms with Crippen LogP contribution in [0.4, 0.5) is 0 Å². The molecule has 2 aliphatic rings. The molecule has 1 aliphatic heterocycles. The van der Waals surface area contributed by atoms with E-state index in [9.17, 15) is 0 Å². The lowest BCUT2D eigenvalue weighted by atomic mass is 9.66. The van der Waals surface area contributed by atoms with E-state index >= 15 is 0 Å². The highest BCUT2D eigenvalue weighted by Crippen LogP contribution is 2.62. The zero-order valence-corrected chi connectivity index (χ0v) is 28.6. The van der Waals surface area contributed by atoms with Crippen LogP contribution in [0.15, 0.2) is 164 Å². The van der Waals surface area contributed by atoms with Crippen LogP contribution in [-0.2, 0) is 5.41 Å². The molecule has 4 nitrogen and oxygen atoms in total. The molecule has 10 aromatic rings. The third kappa shape index (κ3) is 3.55. The van der Waals surface area contributed by atoms with Crippen LogP contribution in [0.25, 0.3) is 70.4 Å². The number of hydrogen-bond acceptors (Lipinski definition) is 4. The molecular formula is C47H27N3OS. The van der Waals surface area contributed by atoms with Crippen LogP contribution in [0.2, 0.25) is 0 Å². The van der Waals surface area contributed by atoms with Gasteiger partial charge in [0.15, 0.2) is 0 Å². The van der Waals surface area contributed by atoms with Crippen molar-refractivity contribution in [2.75, 3.05) is 0 Å². The molecule has 0 N–H and O–H groups in total. The third-order valence-electron chi connectivity index (χ3n) is 11.1. The summed E-state index contributed by atoms with van der Waals surface area (Å²) in [6.07, 6.45) is 0. The molecule has 242 valence electrons. The topological polar surface area (TPSA) is 39.9 Å². The monoisotopic (exact) mass is 681 g/mol. The van der Waals surface area contributed by atoms with Gasteiger partial charge in [-0.3, -0.25) is 4.57 Å². The molecular weight excluding hydrogens is 655 g/mol. The van der Waals surface area contributed by atoms with E-state index in [1.807, 2.05) is 0 Å². The van der Waals surface area contributed by atoms with Gasteiger partial charge in [-0.15, -0.1) is 11.3 Å². The van der Waals surface area contributed by atoms with Crippen molar-refractivity contribution in [3.63, 3.8) is 0 Å². The lowest BCUT2D eigenvalue weighted by Crippen LogP contribution is -2.32. The van der Waals surface area contributed by atoms with Crippen molar-refractivity contribution in [1.29, 1.82) is 0 Å². The van der Waals surface area contributed by atoms with Crippen LogP contribution in [0.5, 0.6) is 11.5 Å². The minimum absolute atomic E-state index is 0.541. The molecule has 0 atom stereocenters. The predicted molar refractivity (Wildman–Crippen MR) is 212 cm³/mol. The van der Waals surface area contributed by atoms with Crippen molar-refractivity contribution in [2.45, 2.75) is 5.41 Å². The molecule has 3 aromatic heterocycles. The van der Waals surface area contributed by atoms with E-state index in [0.717, 1.165) is 71.3 Å². The Bertz CT molecular complexity index is 3070. The fourth-order valence-corrected chi connectivity index (χ4v) is 10.2. The largest absolute Gasteiger partial charge is 0.457 e. The Kier molecular flexibility index (Phi) is 5.55. The normalized spacial score (nSPS) is 13.7. The average Bonchev–Trinajstić information content (AvgIpc) is 3.84. The van der Waals surface area contributed by atoms with Crippen molar-refractivity contribution in [3.8, 4) is 39.8 Å². The summed E-state index contributed by atoms with van der Waals surface area (Å²) >= 11 is 1.75. The summed E-state index contributed by atoms with van der Waals surface area (Å²) in [5, 5.41) is 3.43. The van der Waals surface area contributed by atoms with Gasteiger partial charge in [0.25, 0.3) is 0 Å². The smallest absolute Gasteiger partial charge is 0.235 e. The molecule has 0 amide bonds. The SMILES string of the molecule is c1ccc(-c2nc(-n3c4ccccc4c4cc5c(cc43)Oc3ccccc3C53c4ccccc4-c4ccccc43)nc3c2sc2ccccc23)cc1. The Morgan fingerprint density at radius 2 is 1.15 bits per heavy atom. The van der Waals surface area contributed by atoms with E-state index in [1.165, 1.54) is 27.0 Å². The molecule has 4 heterocycles. The van der Waals surface area contributed by atoms with Crippen LogP contribution in [0, 0.1) is 0 Å². The van der Waals surface area contributed by atoms with Gasteiger partial charge in [-0.2, -0.15) is 0 Å². The number of para-hydroxylation sites is 2. The van der Waals surface area contributed by atoms with E-state index in [2.05, 4.69) is 168 Å². The van der Waals surface area contributed by atoms with Crippen LogP contribution >= 0.6 is 11.3 Å². The lowest BCUT2D eigenvalue weighted by molar-refractivity contribution is 0.437. The van der Waals surface area contributed by atoms with Crippen molar-refractivity contribution in [3.05, 3.63) is 186 Å². The maximum atomic E-state index is 6.95. The van der Waals surface area contributed by atoms with Crippen molar-refractivity contribution < 1.29 is 4.74 Å². The molecule has 1 spiro atoms. The summed E-state index contributed by atoms with van der Waals surface area (Å²) < 4.78 is 11.5. The molecule has 0 bridgehead atoms. The van der Waals surface area contributed by atoms with E-state index in [4.69, 9.17) is 14.7 Å². The second-order valence-electron chi connectivity index (χ2n) is 13.7. The first kappa shape index (κ1) is 28.2. The van der Waals surface area contributed by atoms with Gasteiger partial charge in [0.2, 0.25) is 5.95 Å². The Morgan fingerprint density at radius 1 is 0.500 bits per heavy atom. The third-order valence-corrected chi connectivity index (χ3v) is 12.3. The minimum atomic E-state index is -0.541. The number of rotatable bonds is 2. The second kappa shape index (κ2) is 10.3. The number of benzene rings is 7. The first-order chi connectivity index (χ1) is 25.8. The Morgan fingerprint density at radius 3 is 1.96 bits per heavy atom. The van der Waals surface area contributed by atoms with Crippen LogP contribution in [0.1, 0.15) is 22.3 Å². The van der Waals surface area contributed by atoms with Gasteiger partial charge >= 0.3 is 0 Å². The average molecular weight is 682 g/mol. The van der Waals surface area contributed by atoms with Gasteiger partial charge in [-0.25, -0.2) is 9.97 Å². The molecule has 0 saturated carbocycles. The number of ether oxygens (including phenoxy) is 1. The first-order valence-corrected chi connectivity index (χ1v) is 18.4. The first-order valence-electron chi connectivity index (χ1n) is 17.6. The maximum absolute atomic E-state index is 6.95. The fourth-order valence-electron chi connectivity index (χ4n) is 9.00. The fraction of sp³-hybridized carbons (Fsp3) is 0.0213. The lowest BCUT2D eigenvalue weighted by Gasteiger charge is -2.39. The highest BCUT2D eigenvalue weighted by atomic mass is 32.1. The molecule has 0 saturated heterocycles. The molecule has 0 unspecified atom stereocenters. The zero-order valence-electron chi connectivity index (χ0n) is 27.7. The summed E-state index contributed by atoms with van der Waals surface area (Å²) in [7, 11) is 0. The Labute approximate surface area is 302 Å². The number of thiophene rings is 1. The highest BCUT2D eigenvalue weighted by molar-refractivity contribution is 7.26. The van der Waals surface area contributed by atoms with Gasteiger partial charge in [0, 0.05) is 43.6 Å². The molecule has 5 heteroatoms. The van der Waals surface area contributed by atoms with Gasteiger partial charge < -0.3 is 4.74 Å². The van der Waals surface area contributed by atoms with Gasteiger partial charge in [0.05, 0.1) is 32.4 Å². The molecule has 7 aromatic carbocycles. The van der Waals surface area contributed by atoms with E-state index in [0.29, 0.717) is 5.95 Å². The maximum Gasteiger partial charge on any atom is 0.235 e. The van der Waals surface area contributed by atoms with E-state index in [-0.39, 0.29) is 0 Å². The van der Waals surface area contributed by atoms with Crippen molar-refractivity contribution in [1.82, 2.24) is 14.5 Å². The van der Waals surface area contributed by atoms with E-state index in [1.54, 1.807) is 11.3 Å². The Hall–Kier alpha value is -6.56. The summed E-state index contributed by atoms with van der Waals surface area (Å²) in [5.74, 6) is 2.35.